The lowest BCUT2D eigenvalue weighted by Crippen LogP contribution is -2.25. The molecule has 0 aliphatic rings. The van der Waals surface area contributed by atoms with Crippen molar-refractivity contribution in [2.75, 3.05) is 11.9 Å². The zero-order valence-electron chi connectivity index (χ0n) is 15.6. The van der Waals surface area contributed by atoms with Gasteiger partial charge in [-0.3, -0.25) is 4.79 Å². The molecule has 4 rings (SSSR count). The number of anilines is 1. The van der Waals surface area contributed by atoms with Gasteiger partial charge in [-0.1, -0.05) is 17.7 Å². The summed E-state index contributed by atoms with van der Waals surface area (Å²) in [5, 5.41) is 1.32. The van der Waals surface area contributed by atoms with Gasteiger partial charge in [-0.2, -0.15) is 0 Å². The molecule has 27 heavy (non-hydrogen) atoms. The fourth-order valence-electron chi connectivity index (χ4n) is 3.13. The van der Waals surface area contributed by atoms with Gasteiger partial charge in [0.2, 0.25) is 0 Å². The number of hydrogen-bond acceptors (Lipinski definition) is 4. The van der Waals surface area contributed by atoms with E-state index in [2.05, 4.69) is 0 Å². The average Bonchev–Trinajstić information content (AvgIpc) is 3.10. The van der Waals surface area contributed by atoms with Crippen molar-refractivity contribution in [1.82, 2.24) is 0 Å². The van der Waals surface area contributed by atoms with Crippen LogP contribution in [0.5, 0.6) is 0 Å². The molecule has 0 aliphatic carbocycles. The molecule has 0 saturated carbocycles. The Morgan fingerprint density at radius 2 is 1.74 bits per heavy atom. The molecule has 2 aromatic heterocycles. The smallest absolute Gasteiger partial charge is 0.345 e. The Hall–Kier alpha value is -2.92. The van der Waals surface area contributed by atoms with Crippen LogP contribution in [0, 0.1) is 20.8 Å². The molecule has 0 spiro atoms. The summed E-state index contributed by atoms with van der Waals surface area (Å²) < 4.78 is 6.22. The van der Waals surface area contributed by atoms with Crippen LogP contribution >= 0.6 is 11.3 Å². The number of carbonyl (C=O) groups excluding carboxylic acids is 1. The van der Waals surface area contributed by atoms with Crippen molar-refractivity contribution < 1.29 is 9.21 Å². The summed E-state index contributed by atoms with van der Waals surface area (Å²) in [6, 6.07) is 13.3. The van der Waals surface area contributed by atoms with Gasteiger partial charge in [0.15, 0.2) is 0 Å². The quantitative estimate of drug-likeness (QED) is 0.451. The zero-order chi connectivity index (χ0) is 19.3. The van der Waals surface area contributed by atoms with E-state index in [0.29, 0.717) is 15.8 Å². The van der Waals surface area contributed by atoms with Crippen molar-refractivity contribution in [2.24, 2.45) is 0 Å². The van der Waals surface area contributed by atoms with Crippen molar-refractivity contribution >= 4 is 44.0 Å². The zero-order valence-corrected chi connectivity index (χ0v) is 16.4. The highest BCUT2D eigenvalue weighted by Crippen LogP contribution is 2.32. The number of carbonyl (C=O) groups is 1. The van der Waals surface area contributed by atoms with Gasteiger partial charge in [0, 0.05) is 18.1 Å². The molecule has 0 N–H and O–H groups in total. The van der Waals surface area contributed by atoms with E-state index in [0.717, 1.165) is 26.9 Å². The Morgan fingerprint density at radius 1 is 0.963 bits per heavy atom. The van der Waals surface area contributed by atoms with Gasteiger partial charge in [-0.15, -0.1) is 11.3 Å². The average molecular weight is 377 g/mol. The van der Waals surface area contributed by atoms with Gasteiger partial charge in [-0.05, 0) is 62.2 Å². The van der Waals surface area contributed by atoms with Crippen LogP contribution in [-0.4, -0.2) is 13.0 Å². The van der Waals surface area contributed by atoms with E-state index in [9.17, 15) is 9.59 Å². The van der Waals surface area contributed by atoms with Gasteiger partial charge >= 0.3 is 5.63 Å². The normalized spacial score (nSPS) is 11.3. The van der Waals surface area contributed by atoms with E-state index in [-0.39, 0.29) is 5.91 Å². The van der Waals surface area contributed by atoms with Crippen molar-refractivity contribution in [3.05, 3.63) is 74.5 Å². The molecule has 136 valence electrons. The van der Waals surface area contributed by atoms with Crippen LogP contribution in [0.25, 0.3) is 21.1 Å². The van der Waals surface area contributed by atoms with Crippen molar-refractivity contribution in [1.29, 1.82) is 0 Å². The molecule has 5 heteroatoms. The van der Waals surface area contributed by atoms with E-state index in [1.54, 1.807) is 24.1 Å². The van der Waals surface area contributed by atoms with E-state index >= 15 is 0 Å². The third-order valence-electron chi connectivity index (χ3n) is 4.93. The second-order valence-electron chi connectivity index (χ2n) is 6.88. The van der Waals surface area contributed by atoms with Crippen LogP contribution in [0.4, 0.5) is 5.69 Å². The Labute approximate surface area is 160 Å². The summed E-state index contributed by atoms with van der Waals surface area (Å²) in [5.74, 6) is -0.139. The van der Waals surface area contributed by atoms with Gasteiger partial charge in [0.25, 0.3) is 5.91 Å². The standard InChI is InChI=1S/C22H19NO3S/c1-12-5-8-18-16(9-12)20-17(22(25)26-18)11-19(27-20)21(24)23(4)15-7-6-13(2)14(3)10-15/h5-11H,1-4H3. The maximum atomic E-state index is 13.0. The first-order chi connectivity index (χ1) is 12.8. The molecular formula is C22H19NO3S. The maximum absolute atomic E-state index is 13.0. The topological polar surface area (TPSA) is 50.5 Å². The van der Waals surface area contributed by atoms with E-state index < -0.39 is 5.63 Å². The minimum Gasteiger partial charge on any atom is -0.422 e. The predicted molar refractivity (Wildman–Crippen MR) is 111 cm³/mol. The van der Waals surface area contributed by atoms with Crippen LogP contribution < -0.4 is 10.5 Å². The van der Waals surface area contributed by atoms with Gasteiger partial charge in [0.1, 0.15) is 5.58 Å². The van der Waals surface area contributed by atoms with Crippen LogP contribution in [0.1, 0.15) is 26.4 Å². The van der Waals surface area contributed by atoms with E-state index in [1.807, 2.05) is 51.1 Å². The SMILES string of the molecule is Cc1ccc2oc(=O)c3cc(C(=O)N(C)c4ccc(C)c(C)c4)sc3c2c1. The summed E-state index contributed by atoms with van der Waals surface area (Å²) in [6.07, 6.45) is 0. The summed E-state index contributed by atoms with van der Waals surface area (Å²) in [6.45, 7) is 6.05. The lowest BCUT2D eigenvalue weighted by Gasteiger charge is -2.17. The Balaban J connectivity index is 1.83. The second-order valence-corrected chi connectivity index (χ2v) is 7.93. The Bertz CT molecular complexity index is 1270. The fraction of sp³-hybridized carbons (Fsp3) is 0.182. The summed E-state index contributed by atoms with van der Waals surface area (Å²) in [5.41, 5.74) is 4.35. The lowest BCUT2D eigenvalue weighted by molar-refractivity contribution is 0.0997. The summed E-state index contributed by atoms with van der Waals surface area (Å²) >= 11 is 1.34. The molecular weight excluding hydrogens is 358 g/mol. The molecule has 2 aromatic carbocycles. The first-order valence-electron chi connectivity index (χ1n) is 8.67. The highest BCUT2D eigenvalue weighted by Gasteiger charge is 2.20. The highest BCUT2D eigenvalue weighted by molar-refractivity contribution is 7.21. The molecule has 0 fully saturated rings. The van der Waals surface area contributed by atoms with Crippen LogP contribution in [0.3, 0.4) is 0 Å². The van der Waals surface area contributed by atoms with E-state index in [1.165, 1.54) is 16.9 Å². The van der Waals surface area contributed by atoms with Crippen molar-refractivity contribution in [2.45, 2.75) is 20.8 Å². The Kier molecular flexibility index (Phi) is 4.12. The highest BCUT2D eigenvalue weighted by atomic mass is 32.1. The number of hydrogen-bond donors (Lipinski definition) is 0. The van der Waals surface area contributed by atoms with Crippen LogP contribution in [-0.2, 0) is 0 Å². The third-order valence-corrected chi connectivity index (χ3v) is 6.08. The second kappa shape index (κ2) is 6.35. The monoisotopic (exact) mass is 377 g/mol. The number of rotatable bonds is 2. The number of nitrogens with zero attached hydrogens (tertiary/aromatic N) is 1. The molecule has 0 radical (unpaired) electrons. The maximum Gasteiger partial charge on any atom is 0.345 e. The van der Waals surface area contributed by atoms with Crippen molar-refractivity contribution in [3.8, 4) is 0 Å². The molecule has 0 unspecified atom stereocenters. The minimum atomic E-state index is -0.412. The Morgan fingerprint density at radius 3 is 2.48 bits per heavy atom. The molecule has 1 amide bonds. The van der Waals surface area contributed by atoms with Crippen LogP contribution in [0.15, 0.2) is 51.7 Å². The van der Waals surface area contributed by atoms with E-state index in [4.69, 9.17) is 4.42 Å². The summed E-state index contributed by atoms with van der Waals surface area (Å²) in [4.78, 5) is 27.5. The lowest BCUT2D eigenvalue weighted by atomic mass is 10.1. The number of benzene rings is 2. The summed E-state index contributed by atoms with van der Waals surface area (Å²) in [7, 11) is 1.75. The first-order valence-corrected chi connectivity index (χ1v) is 9.49. The van der Waals surface area contributed by atoms with Gasteiger partial charge < -0.3 is 9.32 Å². The molecule has 4 nitrogen and oxygen atoms in total. The largest absolute Gasteiger partial charge is 0.422 e. The molecule has 4 aromatic rings. The molecule has 0 bridgehead atoms. The van der Waals surface area contributed by atoms with Crippen molar-refractivity contribution in [3.63, 3.8) is 0 Å². The predicted octanol–water partition coefficient (Wildman–Crippen LogP) is 5.21. The van der Waals surface area contributed by atoms with Gasteiger partial charge in [0.05, 0.1) is 15.0 Å². The third kappa shape index (κ3) is 2.94. The van der Waals surface area contributed by atoms with Crippen LogP contribution in [0.2, 0.25) is 0 Å². The number of fused-ring (bicyclic) bond motifs is 3. The molecule has 0 saturated heterocycles. The fourth-order valence-corrected chi connectivity index (χ4v) is 4.27. The first kappa shape index (κ1) is 17.5. The number of thiophene rings is 1. The molecule has 0 aliphatic heterocycles. The molecule has 0 atom stereocenters. The van der Waals surface area contributed by atoms with Gasteiger partial charge in [-0.25, -0.2) is 4.79 Å². The number of amides is 1. The molecule has 2 heterocycles. The number of aryl methyl sites for hydroxylation is 3. The minimum absolute atomic E-state index is 0.139.